The van der Waals surface area contributed by atoms with Gasteiger partial charge in [-0.3, -0.25) is 9.59 Å². The van der Waals surface area contributed by atoms with Gasteiger partial charge in [0.2, 0.25) is 0 Å². The highest BCUT2D eigenvalue weighted by atomic mass is 35.5. The molecule has 0 bridgehead atoms. The van der Waals surface area contributed by atoms with E-state index >= 15 is 0 Å². The second kappa shape index (κ2) is 8.49. The molecule has 1 fully saturated rings. The smallest absolute Gasteiger partial charge is 0.296 e. The van der Waals surface area contributed by atoms with Crippen LogP contribution in [0.5, 0.6) is 5.75 Å². The zero-order valence-electron chi connectivity index (χ0n) is 16.3. The van der Waals surface area contributed by atoms with Gasteiger partial charge in [0.25, 0.3) is 11.7 Å². The first-order chi connectivity index (χ1) is 14.9. The van der Waals surface area contributed by atoms with Crippen molar-refractivity contribution >= 4 is 40.7 Å². The highest BCUT2D eigenvalue weighted by Crippen LogP contribution is 2.41. The van der Waals surface area contributed by atoms with Crippen molar-refractivity contribution in [3.05, 3.63) is 93.4 Å². The van der Waals surface area contributed by atoms with Crippen LogP contribution in [0.2, 0.25) is 10.0 Å². The van der Waals surface area contributed by atoms with Crippen LogP contribution in [0, 0.1) is 0 Å². The van der Waals surface area contributed by atoms with Crippen LogP contribution in [-0.2, 0) is 16.1 Å². The Kier molecular flexibility index (Phi) is 5.76. The van der Waals surface area contributed by atoms with Crippen LogP contribution in [0.4, 0.5) is 0 Å². The maximum absolute atomic E-state index is 13.0. The lowest BCUT2D eigenvalue weighted by Crippen LogP contribution is -2.29. The Balaban J connectivity index is 1.87. The molecule has 1 saturated heterocycles. The molecule has 0 aliphatic carbocycles. The lowest BCUT2D eigenvalue weighted by molar-refractivity contribution is -0.140. The predicted octanol–water partition coefficient (Wildman–Crippen LogP) is 5.22. The van der Waals surface area contributed by atoms with Crippen LogP contribution in [0.25, 0.3) is 5.76 Å². The summed E-state index contributed by atoms with van der Waals surface area (Å²) in [4.78, 5) is 27.3. The zero-order valence-corrected chi connectivity index (χ0v) is 17.9. The molecule has 1 aromatic heterocycles. The highest BCUT2D eigenvalue weighted by molar-refractivity contribution is 6.46. The Labute approximate surface area is 188 Å². The van der Waals surface area contributed by atoms with Crippen molar-refractivity contribution in [1.29, 1.82) is 0 Å². The average Bonchev–Trinajstić information content (AvgIpc) is 3.37. The number of Topliss-reactive ketones (excluding diaryl/α,β-unsaturated/α-hetero) is 1. The van der Waals surface area contributed by atoms with Crippen molar-refractivity contribution in [2.75, 3.05) is 7.11 Å². The van der Waals surface area contributed by atoms with E-state index in [1.807, 2.05) is 0 Å². The number of ether oxygens (including phenoxy) is 1. The van der Waals surface area contributed by atoms with Gasteiger partial charge in [-0.15, -0.1) is 0 Å². The van der Waals surface area contributed by atoms with Crippen LogP contribution in [0.3, 0.4) is 0 Å². The number of ketones is 1. The van der Waals surface area contributed by atoms with Gasteiger partial charge in [-0.1, -0.05) is 35.3 Å². The van der Waals surface area contributed by atoms with Gasteiger partial charge >= 0.3 is 0 Å². The summed E-state index contributed by atoms with van der Waals surface area (Å²) in [5.41, 5.74) is 0.886. The average molecular weight is 458 g/mol. The molecular formula is C23H17Cl2NO5. The van der Waals surface area contributed by atoms with Gasteiger partial charge in [0, 0.05) is 10.6 Å². The SMILES string of the molecule is COc1cc(/C(O)=C2/C(=O)C(=O)N(Cc3ccco3)C2c2ccc(Cl)cc2)ccc1Cl. The van der Waals surface area contributed by atoms with E-state index in [0.29, 0.717) is 32.7 Å². The van der Waals surface area contributed by atoms with E-state index in [-0.39, 0.29) is 17.9 Å². The van der Waals surface area contributed by atoms with E-state index < -0.39 is 17.7 Å². The van der Waals surface area contributed by atoms with Gasteiger partial charge in [-0.2, -0.15) is 0 Å². The normalized spacial score (nSPS) is 17.9. The molecule has 0 saturated carbocycles. The van der Waals surface area contributed by atoms with E-state index in [0.717, 1.165) is 0 Å². The molecule has 1 amide bonds. The van der Waals surface area contributed by atoms with Crippen LogP contribution < -0.4 is 4.74 Å². The third-order valence-corrected chi connectivity index (χ3v) is 5.62. The molecule has 3 aromatic rings. The molecule has 158 valence electrons. The third-order valence-electron chi connectivity index (χ3n) is 5.06. The first-order valence-corrected chi connectivity index (χ1v) is 10.1. The van der Waals surface area contributed by atoms with Crippen LogP contribution in [0.1, 0.15) is 22.9 Å². The number of carbonyl (C=O) groups is 2. The maximum atomic E-state index is 13.0. The molecular weight excluding hydrogens is 441 g/mol. The van der Waals surface area contributed by atoms with Crippen LogP contribution in [-0.4, -0.2) is 28.8 Å². The molecule has 1 aliphatic rings. The Bertz CT molecular complexity index is 1170. The molecule has 2 heterocycles. The van der Waals surface area contributed by atoms with Crippen molar-refractivity contribution in [2.24, 2.45) is 0 Å². The monoisotopic (exact) mass is 457 g/mol. The van der Waals surface area contributed by atoms with Gasteiger partial charge in [0.05, 0.1) is 36.6 Å². The Hall–Kier alpha value is -3.22. The summed E-state index contributed by atoms with van der Waals surface area (Å²) in [5, 5.41) is 11.9. The lowest BCUT2D eigenvalue weighted by Gasteiger charge is -2.24. The minimum absolute atomic E-state index is 0.0387. The summed E-state index contributed by atoms with van der Waals surface area (Å²) in [7, 11) is 1.45. The minimum atomic E-state index is -0.830. The number of aliphatic hydroxyl groups excluding tert-OH is 1. The lowest BCUT2D eigenvalue weighted by atomic mass is 9.95. The summed E-state index contributed by atoms with van der Waals surface area (Å²) in [6.07, 6.45) is 1.49. The minimum Gasteiger partial charge on any atom is -0.507 e. The van der Waals surface area contributed by atoms with Crippen molar-refractivity contribution in [3.63, 3.8) is 0 Å². The van der Waals surface area contributed by atoms with Crippen molar-refractivity contribution < 1.29 is 23.8 Å². The Morgan fingerprint density at radius 2 is 1.87 bits per heavy atom. The van der Waals surface area contributed by atoms with Crippen molar-refractivity contribution in [3.8, 4) is 5.75 Å². The number of rotatable bonds is 5. The van der Waals surface area contributed by atoms with E-state index in [9.17, 15) is 14.7 Å². The number of carbonyl (C=O) groups excluding carboxylic acids is 2. The van der Waals surface area contributed by atoms with E-state index in [1.54, 1.807) is 48.5 Å². The van der Waals surface area contributed by atoms with Crippen molar-refractivity contribution in [2.45, 2.75) is 12.6 Å². The number of benzene rings is 2. The third kappa shape index (κ3) is 3.92. The molecule has 0 spiro atoms. The summed E-state index contributed by atoms with van der Waals surface area (Å²) in [5.74, 6) is -1.01. The molecule has 6 nitrogen and oxygen atoms in total. The number of halogens is 2. The number of furan rings is 1. The molecule has 4 rings (SSSR count). The number of methoxy groups -OCH3 is 1. The van der Waals surface area contributed by atoms with Gasteiger partial charge < -0.3 is 19.2 Å². The van der Waals surface area contributed by atoms with Crippen LogP contribution >= 0.6 is 23.2 Å². The summed E-state index contributed by atoms with van der Waals surface area (Å²) in [6.45, 7) is 0.0611. The molecule has 31 heavy (non-hydrogen) atoms. The molecule has 1 atom stereocenters. The second-order valence-corrected chi connectivity index (χ2v) is 7.75. The van der Waals surface area contributed by atoms with Crippen molar-refractivity contribution in [1.82, 2.24) is 4.90 Å². The number of amides is 1. The van der Waals surface area contributed by atoms with Gasteiger partial charge in [0.15, 0.2) is 0 Å². The Morgan fingerprint density at radius 1 is 1.13 bits per heavy atom. The summed E-state index contributed by atoms with van der Waals surface area (Å²) >= 11 is 12.1. The molecule has 1 unspecified atom stereocenters. The molecule has 1 aliphatic heterocycles. The molecule has 1 N–H and O–H groups in total. The number of aliphatic hydroxyl groups is 1. The first kappa shape index (κ1) is 21.0. The fourth-order valence-electron chi connectivity index (χ4n) is 3.57. The van der Waals surface area contributed by atoms with E-state index in [2.05, 4.69) is 0 Å². The number of likely N-dealkylation sites (tertiary alicyclic amines) is 1. The van der Waals surface area contributed by atoms with E-state index in [1.165, 1.54) is 24.3 Å². The Morgan fingerprint density at radius 3 is 2.52 bits per heavy atom. The maximum Gasteiger partial charge on any atom is 0.296 e. The summed E-state index contributed by atoms with van der Waals surface area (Å²) < 4.78 is 10.6. The second-order valence-electron chi connectivity index (χ2n) is 6.91. The van der Waals surface area contributed by atoms with Gasteiger partial charge in [-0.05, 0) is 48.0 Å². The topological polar surface area (TPSA) is 80.0 Å². The first-order valence-electron chi connectivity index (χ1n) is 9.31. The van der Waals surface area contributed by atoms with Crippen LogP contribution in [0.15, 0.2) is 70.9 Å². The quantitative estimate of drug-likeness (QED) is 0.322. The molecule has 2 aromatic carbocycles. The number of nitrogens with zero attached hydrogens (tertiary/aromatic N) is 1. The highest BCUT2D eigenvalue weighted by Gasteiger charge is 2.46. The van der Waals surface area contributed by atoms with Gasteiger partial charge in [-0.25, -0.2) is 0 Å². The standard InChI is InChI=1S/C23H17Cl2NO5/c1-30-18-11-14(6-9-17(18)25)21(27)19-20(13-4-7-15(24)8-5-13)26(23(29)22(19)28)12-16-3-2-10-31-16/h2-11,20,27H,12H2,1H3/b21-19-. The zero-order chi connectivity index (χ0) is 22.1. The van der Waals surface area contributed by atoms with Gasteiger partial charge in [0.1, 0.15) is 17.3 Å². The fraction of sp³-hybridized carbons (Fsp3) is 0.130. The number of hydrogen-bond acceptors (Lipinski definition) is 5. The summed E-state index contributed by atoms with van der Waals surface area (Å²) in [6, 6.07) is 13.9. The molecule has 8 heteroatoms. The fourth-order valence-corrected chi connectivity index (χ4v) is 3.89. The predicted molar refractivity (Wildman–Crippen MR) is 116 cm³/mol. The number of hydrogen-bond donors (Lipinski definition) is 1. The van der Waals surface area contributed by atoms with E-state index in [4.69, 9.17) is 32.4 Å². The molecule has 0 radical (unpaired) electrons. The largest absolute Gasteiger partial charge is 0.507 e.